The van der Waals surface area contributed by atoms with Crippen LogP contribution in [0, 0.1) is 0 Å². The van der Waals surface area contributed by atoms with Crippen molar-refractivity contribution in [2.45, 2.75) is 32.6 Å². The molecule has 0 aromatic heterocycles. The van der Waals surface area contributed by atoms with E-state index in [0.717, 1.165) is 19.3 Å². The average molecular weight is 153 g/mol. The number of carbonyl (C=O) groups is 1. The van der Waals surface area contributed by atoms with E-state index in [4.69, 9.17) is 0 Å². The first kappa shape index (κ1) is 13.1. The van der Waals surface area contributed by atoms with Crippen molar-refractivity contribution in [3.63, 3.8) is 0 Å². The third-order valence-electron chi connectivity index (χ3n) is 1.21. The molecule has 3 heteroatoms. The molecule has 0 amide bonds. The number of rotatable bonds is 4. The summed E-state index contributed by atoms with van der Waals surface area (Å²) in [5, 5.41) is 0. The molecule has 10 heavy (non-hydrogen) atoms. The van der Waals surface area contributed by atoms with Crippen LogP contribution in [-0.2, 0) is 9.53 Å². The van der Waals surface area contributed by atoms with Gasteiger partial charge < -0.3 is 4.74 Å². The molecule has 0 heterocycles. The van der Waals surface area contributed by atoms with E-state index in [1.165, 1.54) is 7.11 Å². The van der Waals surface area contributed by atoms with Gasteiger partial charge in [-0.15, -0.1) is 0 Å². The molecule has 0 aromatic carbocycles. The van der Waals surface area contributed by atoms with Gasteiger partial charge in [0.2, 0.25) is 0 Å². The molecule has 0 aliphatic rings. The third kappa shape index (κ3) is 8.47. The van der Waals surface area contributed by atoms with E-state index in [-0.39, 0.29) is 35.5 Å². The van der Waals surface area contributed by atoms with Gasteiger partial charge in [-0.3, -0.25) is 4.79 Å². The number of unbranched alkanes of at least 4 members (excludes halogenated alkanes) is 2. The summed E-state index contributed by atoms with van der Waals surface area (Å²) < 4.78 is 4.46. The van der Waals surface area contributed by atoms with E-state index >= 15 is 0 Å². The maximum Gasteiger partial charge on any atom is 1.00 e. The molecule has 0 aromatic rings. The van der Waals surface area contributed by atoms with Gasteiger partial charge in [0.05, 0.1) is 7.11 Å². The maximum absolute atomic E-state index is 10.5. The van der Waals surface area contributed by atoms with Crippen molar-refractivity contribution in [3.05, 3.63) is 0 Å². The zero-order chi connectivity index (χ0) is 7.11. The van der Waals surface area contributed by atoms with Gasteiger partial charge in [-0.2, -0.15) is 0 Å². The molecule has 0 aliphatic heterocycles. The molecule has 0 unspecified atom stereocenters. The molecule has 0 bridgehead atoms. The second-order valence-corrected chi connectivity index (χ2v) is 2.03. The molecule has 0 saturated heterocycles. The van der Waals surface area contributed by atoms with Crippen molar-refractivity contribution in [3.8, 4) is 0 Å². The fraction of sp³-hybridized carbons (Fsp3) is 0.857. The molecular formula is C7H14NaO2+. The Morgan fingerprint density at radius 1 is 1.40 bits per heavy atom. The largest absolute Gasteiger partial charge is 1.00 e. The van der Waals surface area contributed by atoms with Gasteiger partial charge in [-0.25, -0.2) is 0 Å². The zero-order valence-electron chi connectivity index (χ0n) is 7.14. The van der Waals surface area contributed by atoms with E-state index in [1.807, 2.05) is 0 Å². The van der Waals surface area contributed by atoms with Crippen molar-refractivity contribution in [2.75, 3.05) is 7.11 Å². The van der Waals surface area contributed by atoms with Crippen molar-refractivity contribution in [2.24, 2.45) is 0 Å². The van der Waals surface area contributed by atoms with Crippen LogP contribution in [0.15, 0.2) is 0 Å². The minimum absolute atomic E-state index is 0. The summed E-state index contributed by atoms with van der Waals surface area (Å²) in [6.07, 6.45) is 3.81. The minimum atomic E-state index is -0.0940. The van der Waals surface area contributed by atoms with Crippen LogP contribution in [-0.4, -0.2) is 13.1 Å². The molecule has 0 fully saturated rings. The van der Waals surface area contributed by atoms with Crippen molar-refractivity contribution in [1.82, 2.24) is 0 Å². The first-order valence-electron chi connectivity index (χ1n) is 3.38. The van der Waals surface area contributed by atoms with E-state index in [9.17, 15) is 4.79 Å². The molecule has 54 valence electrons. The molecule has 0 atom stereocenters. The first-order valence-corrected chi connectivity index (χ1v) is 3.38. The summed E-state index contributed by atoms with van der Waals surface area (Å²) in [6, 6.07) is 0. The van der Waals surface area contributed by atoms with Crippen LogP contribution in [0.4, 0.5) is 0 Å². The Balaban J connectivity index is 0. The minimum Gasteiger partial charge on any atom is -0.469 e. The topological polar surface area (TPSA) is 26.3 Å². The van der Waals surface area contributed by atoms with E-state index in [2.05, 4.69) is 11.7 Å². The summed E-state index contributed by atoms with van der Waals surface area (Å²) in [5.41, 5.74) is 0. The average Bonchev–Trinajstić information content (AvgIpc) is 1.89. The quantitative estimate of drug-likeness (QED) is 0.286. The Morgan fingerprint density at radius 2 is 2.00 bits per heavy atom. The summed E-state index contributed by atoms with van der Waals surface area (Å²) in [7, 11) is 1.42. The number of hydrogen-bond donors (Lipinski definition) is 0. The van der Waals surface area contributed by atoms with E-state index < -0.39 is 0 Å². The van der Waals surface area contributed by atoms with Gasteiger partial charge in [0, 0.05) is 6.42 Å². The Morgan fingerprint density at radius 3 is 2.40 bits per heavy atom. The normalized spacial score (nSPS) is 8.20. The smallest absolute Gasteiger partial charge is 0.469 e. The second kappa shape index (κ2) is 9.47. The number of esters is 1. The summed E-state index contributed by atoms with van der Waals surface area (Å²) in [5.74, 6) is -0.0940. The summed E-state index contributed by atoms with van der Waals surface area (Å²) >= 11 is 0. The Labute approximate surface area is 84.6 Å². The number of methoxy groups -OCH3 is 1. The fourth-order valence-electron chi connectivity index (χ4n) is 0.621. The maximum atomic E-state index is 10.5. The Bertz CT molecular complexity index is 83.7. The van der Waals surface area contributed by atoms with Crippen LogP contribution in [0.5, 0.6) is 0 Å². The molecule has 0 aliphatic carbocycles. The first-order chi connectivity index (χ1) is 4.31. The molecule has 0 radical (unpaired) electrons. The second-order valence-electron chi connectivity index (χ2n) is 2.03. The molecule has 0 rings (SSSR count). The number of ether oxygens (including phenoxy) is 1. The predicted octanol–water partition coefficient (Wildman–Crippen LogP) is -1.26. The molecule has 0 saturated carbocycles. The van der Waals surface area contributed by atoms with Crippen LogP contribution in [0.3, 0.4) is 0 Å². The van der Waals surface area contributed by atoms with Crippen LogP contribution in [0.1, 0.15) is 32.6 Å². The molecule has 2 nitrogen and oxygen atoms in total. The van der Waals surface area contributed by atoms with E-state index in [0.29, 0.717) is 6.42 Å². The van der Waals surface area contributed by atoms with Gasteiger partial charge in [-0.05, 0) is 6.42 Å². The van der Waals surface area contributed by atoms with Crippen LogP contribution < -0.4 is 29.6 Å². The Kier molecular flexibility index (Phi) is 12.4. The summed E-state index contributed by atoms with van der Waals surface area (Å²) in [6.45, 7) is 2.11. The standard InChI is InChI=1S/C7H14O2.Na/c1-3-4-5-6-7(8)9-2;/h3-6H2,1-2H3;/q;+1. The zero-order valence-corrected chi connectivity index (χ0v) is 9.14. The van der Waals surface area contributed by atoms with Crippen LogP contribution in [0.2, 0.25) is 0 Å². The third-order valence-corrected chi connectivity index (χ3v) is 1.21. The van der Waals surface area contributed by atoms with Crippen molar-refractivity contribution in [1.29, 1.82) is 0 Å². The monoisotopic (exact) mass is 153 g/mol. The fourth-order valence-corrected chi connectivity index (χ4v) is 0.621. The molecule has 0 spiro atoms. The van der Waals surface area contributed by atoms with Crippen molar-refractivity contribution < 1.29 is 39.1 Å². The Hall–Kier alpha value is 0.470. The SMILES string of the molecule is CCCCCC(=O)OC.[Na+]. The van der Waals surface area contributed by atoms with Crippen molar-refractivity contribution >= 4 is 5.97 Å². The van der Waals surface area contributed by atoms with Crippen LogP contribution in [0.25, 0.3) is 0 Å². The number of carbonyl (C=O) groups excluding carboxylic acids is 1. The van der Waals surface area contributed by atoms with Gasteiger partial charge in [0.1, 0.15) is 0 Å². The molecular weight excluding hydrogens is 139 g/mol. The van der Waals surface area contributed by atoms with Gasteiger partial charge >= 0.3 is 35.5 Å². The molecule has 0 N–H and O–H groups in total. The van der Waals surface area contributed by atoms with Gasteiger partial charge in [0.25, 0.3) is 0 Å². The van der Waals surface area contributed by atoms with Gasteiger partial charge in [-0.1, -0.05) is 19.8 Å². The predicted molar refractivity (Wildman–Crippen MR) is 36.2 cm³/mol. The summed E-state index contributed by atoms with van der Waals surface area (Å²) in [4.78, 5) is 10.5. The number of hydrogen-bond acceptors (Lipinski definition) is 2. The van der Waals surface area contributed by atoms with Gasteiger partial charge in [0.15, 0.2) is 0 Å². The van der Waals surface area contributed by atoms with Crippen LogP contribution >= 0.6 is 0 Å². The van der Waals surface area contributed by atoms with E-state index in [1.54, 1.807) is 0 Å².